The molecule has 0 unspecified atom stereocenters. The number of nitrogens with zero attached hydrogens (tertiary/aromatic N) is 2. The number of rotatable bonds is 6. The van der Waals surface area contributed by atoms with Crippen molar-refractivity contribution in [3.63, 3.8) is 0 Å². The third kappa shape index (κ3) is 4.90. The lowest BCUT2D eigenvalue weighted by Crippen LogP contribution is -2.23. The number of fused-ring (bicyclic) bond motifs is 1. The lowest BCUT2D eigenvalue weighted by molar-refractivity contribution is 0.102. The Kier molecular flexibility index (Phi) is 6.56. The molecule has 1 aliphatic heterocycles. The summed E-state index contributed by atoms with van der Waals surface area (Å²) >= 11 is 12.3. The molecule has 0 saturated carbocycles. The topological polar surface area (TPSA) is 88.2 Å². The summed E-state index contributed by atoms with van der Waals surface area (Å²) in [7, 11) is 0. The number of amides is 1. The van der Waals surface area contributed by atoms with Crippen LogP contribution in [0.15, 0.2) is 42.6 Å². The molecule has 1 amide bonds. The molecular weight excluding hydrogens is 437 g/mol. The van der Waals surface area contributed by atoms with E-state index in [4.69, 9.17) is 27.9 Å². The molecule has 1 aliphatic rings. The molecule has 0 radical (unpaired) electrons. The van der Waals surface area contributed by atoms with Gasteiger partial charge in [-0.1, -0.05) is 35.3 Å². The van der Waals surface area contributed by atoms with Crippen LogP contribution >= 0.6 is 23.2 Å². The zero-order valence-corrected chi connectivity index (χ0v) is 18.3. The van der Waals surface area contributed by atoms with E-state index in [1.807, 2.05) is 13.0 Å². The molecule has 2 aromatic carbocycles. The fraction of sp³-hybridized carbons (Fsp3) is 0.227. The van der Waals surface area contributed by atoms with Crippen molar-refractivity contribution >= 4 is 46.4 Å². The Morgan fingerprint density at radius 2 is 2.00 bits per heavy atom. The minimum Gasteiger partial charge on any atom is -0.477 e. The summed E-state index contributed by atoms with van der Waals surface area (Å²) in [5.74, 6) is 0.0321. The second kappa shape index (κ2) is 9.51. The predicted octanol–water partition coefficient (Wildman–Crippen LogP) is 4.82. The third-order valence-corrected chi connectivity index (χ3v) is 5.46. The monoisotopic (exact) mass is 457 g/mol. The van der Waals surface area contributed by atoms with Crippen molar-refractivity contribution in [2.45, 2.75) is 19.9 Å². The van der Waals surface area contributed by atoms with Crippen molar-refractivity contribution in [3.05, 3.63) is 69.3 Å². The van der Waals surface area contributed by atoms with Gasteiger partial charge in [0.25, 0.3) is 5.91 Å². The Morgan fingerprint density at radius 1 is 1.19 bits per heavy atom. The van der Waals surface area contributed by atoms with Gasteiger partial charge in [-0.3, -0.25) is 4.79 Å². The van der Waals surface area contributed by atoms with Gasteiger partial charge >= 0.3 is 0 Å². The highest BCUT2D eigenvalue weighted by atomic mass is 35.5. The summed E-state index contributed by atoms with van der Waals surface area (Å²) in [5, 5.41) is 9.92. The molecule has 160 valence electrons. The smallest absolute Gasteiger partial charge is 0.262 e. The van der Waals surface area contributed by atoms with Crippen LogP contribution in [0.5, 0.6) is 5.88 Å². The first-order valence-electron chi connectivity index (χ1n) is 9.90. The minimum absolute atomic E-state index is 0.167. The zero-order chi connectivity index (χ0) is 21.8. The van der Waals surface area contributed by atoms with E-state index in [0.29, 0.717) is 28.3 Å². The molecule has 2 heterocycles. The number of para-hydroxylation sites is 1. The first kappa shape index (κ1) is 21.4. The van der Waals surface area contributed by atoms with Crippen LogP contribution in [0.25, 0.3) is 0 Å². The van der Waals surface area contributed by atoms with Gasteiger partial charge < -0.3 is 20.7 Å². The number of hydrogen-bond acceptors (Lipinski definition) is 6. The third-order valence-electron chi connectivity index (χ3n) is 4.83. The van der Waals surface area contributed by atoms with Gasteiger partial charge in [-0.05, 0) is 55.3 Å². The molecule has 31 heavy (non-hydrogen) atoms. The highest BCUT2D eigenvalue weighted by Crippen LogP contribution is 2.31. The van der Waals surface area contributed by atoms with Crippen molar-refractivity contribution in [2.24, 2.45) is 0 Å². The van der Waals surface area contributed by atoms with Gasteiger partial charge in [0.1, 0.15) is 5.56 Å². The van der Waals surface area contributed by atoms with E-state index in [1.165, 1.54) is 17.3 Å². The van der Waals surface area contributed by atoms with Crippen LogP contribution in [0.2, 0.25) is 10.0 Å². The summed E-state index contributed by atoms with van der Waals surface area (Å²) in [6.07, 6.45) is 2.43. The Hall–Kier alpha value is -2.87. The number of ether oxygens (including phenoxy) is 1. The van der Waals surface area contributed by atoms with Gasteiger partial charge in [0, 0.05) is 18.4 Å². The van der Waals surface area contributed by atoms with Gasteiger partial charge in [0.15, 0.2) is 0 Å². The predicted molar refractivity (Wildman–Crippen MR) is 123 cm³/mol. The van der Waals surface area contributed by atoms with Crippen LogP contribution in [0, 0.1) is 0 Å². The van der Waals surface area contributed by atoms with Crippen LogP contribution in [-0.2, 0) is 13.0 Å². The molecule has 1 aromatic heterocycles. The lowest BCUT2D eigenvalue weighted by Gasteiger charge is -2.18. The highest BCUT2D eigenvalue weighted by Gasteiger charge is 2.19. The molecule has 9 heteroatoms. The Morgan fingerprint density at radius 3 is 2.77 bits per heavy atom. The SMILES string of the molecule is CCOc1nc(Nc2ccc3c(c2)CNCC3)ncc1C(=O)Nc1c(Cl)cccc1Cl. The number of aromatic nitrogens is 2. The normalized spacial score (nSPS) is 12.7. The Bertz CT molecular complexity index is 1100. The second-order valence-corrected chi connectivity index (χ2v) is 7.75. The standard InChI is InChI=1S/C22H21Cl2N5O2/c1-2-31-21-16(20(30)28-19-17(23)4-3-5-18(19)24)12-26-22(29-21)27-15-7-6-13-8-9-25-11-14(13)10-15/h3-7,10,12,25H,2,8-9,11H2,1H3,(H,28,30)(H,26,27,29). The van der Waals surface area contributed by atoms with Crippen LogP contribution in [0.1, 0.15) is 28.4 Å². The molecule has 3 aromatic rings. The fourth-order valence-electron chi connectivity index (χ4n) is 3.31. The molecule has 0 aliphatic carbocycles. The number of halogens is 2. The molecule has 0 fully saturated rings. The summed E-state index contributed by atoms with van der Waals surface area (Å²) in [4.78, 5) is 21.5. The van der Waals surface area contributed by atoms with Gasteiger partial charge in [-0.2, -0.15) is 4.98 Å². The Balaban J connectivity index is 1.57. The van der Waals surface area contributed by atoms with E-state index in [-0.39, 0.29) is 11.4 Å². The van der Waals surface area contributed by atoms with Crippen LogP contribution in [-0.4, -0.2) is 29.0 Å². The first-order valence-corrected chi connectivity index (χ1v) is 10.7. The van der Waals surface area contributed by atoms with E-state index < -0.39 is 5.91 Å². The van der Waals surface area contributed by atoms with Crippen molar-refractivity contribution < 1.29 is 9.53 Å². The quantitative estimate of drug-likeness (QED) is 0.491. The molecule has 0 bridgehead atoms. The number of carbonyl (C=O) groups excluding carboxylic acids is 1. The maximum atomic E-state index is 12.8. The first-order chi connectivity index (χ1) is 15.0. The van der Waals surface area contributed by atoms with Crippen molar-refractivity contribution in [3.8, 4) is 5.88 Å². The minimum atomic E-state index is -0.468. The molecule has 0 saturated heterocycles. The second-order valence-electron chi connectivity index (χ2n) is 6.93. The van der Waals surface area contributed by atoms with E-state index in [1.54, 1.807) is 18.2 Å². The number of carbonyl (C=O) groups is 1. The van der Waals surface area contributed by atoms with Gasteiger partial charge in [-0.15, -0.1) is 0 Å². The summed E-state index contributed by atoms with van der Waals surface area (Å²) in [6.45, 7) is 3.98. The van der Waals surface area contributed by atoms with Crippen LogP contribution in [0.4, 0.5) is 17.3 Å². The maximum Gasteiger partial charge on any atom is 0.262 e. The number of nitrogens with one attached hydrogen (secondary N) is 3. The van der Waals surface area contributed by atoms with Crippen LogP contribution < -0.4 is 20.7 Å². The summed E-state index contributed by atoms with van der Waals surface area (Å²) < 4.78 is 5.60. The van der Waals surface area contributed by atoms with Crippen LogP contribution in [0.3, 0.4) is 0 Å². The molecule has 4 rings (SSSR count). The maximum absolute atomic E-state index is 12.8. The van der Waals surface area contributed by atoms with Crippen molar-refractivity contribution in [1.82, 2.24) is 15.3 Å². The van der Waals surface area contributed by atoms with E-state index in [2.05, 4.69) is 38.1 Å². The van der Waals surface area contributed by atoms with Crippen molar-refractivity contribution in [1.29, 1.82) is 0 Å². The van der Waals surface area contributed by atoms with E-state index in [9.17, 15) is 4.79 Å². The summed E-state index contributed by atoms with van der Waals surface area (Å²) in [5.41, 5.74) is 3.95. The van der Waals surface area contributed by atoms with Gasteiger partial charge in [0.05, 0.1) is 22.3 Å². The molecule has 0 spiro atoms. The van der Waals surface area contributed by atoms with E-state index >= 15 is 0 Å². The fourth-order valence-corrected chi connectivity index (χ4v) is 3.81. The Labute approximate surface area is 190 Å². The summed E-state index contributed by atoms with van der Waals surface area (Å²) in [6, 6.07) is 11.2. The molecule has 0 atom stereocenters. The molecular formula is C22H21Cl2N5O2. The van der Waals surface area contributed by atoms with Crippen molar-refractivity contribution in [2.75, 3.05) is 23.8 Å². The van der Waals surface area contributed by atoms with Gasteiger partial charge in [0.2, 0.25) is 11.8 Å². The van der Waals surface area contributed by atoms with E-state index in [0.717, 1.165) is 25.2 Å². The average Bonchev–Trinajstić information content (AvgIpc) is 2.77. The number of benzene rings is 2. The zero-order valence-electron chi connectivity index (χ0n) is 16.8. The number of hydrogen-bond donors (Lipinski definition) is 3. The van der Waals surface area contributed by atoms with Gasteiger partial charge in [-0.25, -0.2) is 4.98 Å². The molecule has 3 N–H and O–H groups in total. The molecule has 7 nitrogen and oxygen atoms in total. The number of anilines is 3. The average molecular weight is 458 g/mol. The lowest BCUT2D eigenvalue weighted by atomic mass is 10.0. The highest BCUT2D eigenvalue weighted by molar-refractivity contribution is 6.40. The largest absolute Gasteiger partial charge is 0.477 e.